The van der Waals surface area contributed by atoms with Crippen LogP contribution in [0.3, 0.4) is 0 Å². The zero-order valence-corrected chi connectivity index (χ0v) is 9.97. The Bertz CT molecular complexity index is 546. The van der Waals surface area contributed by atoms with E-state index in [1.165, 1.54) is 11.3 Å². The summed E-state index contributed by atoms with van der Waals surface area (Å²) >= 11 is 1.52. The van der Waals surface area contributed by atoms with Crippen molar-refractivity contribution in [2.24, 2.45) is 0 Å². The number of ketones is 1. The number of hydrogen-bond acceptors (Lipinski definition) is 4. The molecular formula is C12H12N2OS. The normalized spacial score (nSPS) is 10.4. The largest absolute Gasteiger partial charge is 0.383 e. The maximum Gasteiger partial charge on any atom is 0.197 e. The van der Waals surface area contributed by atoms with Gasteiger partial charge in [-0.15, -0.1) is 0 Å². The molecule has 2 aromatic heterocycles. The summed E-state index contributed by atoms with van der Waals surface area (Å²) in [4.78, 5) is 16.2. The third-order valence-electron chi connectivity index (χ3n) is 2.40. The molecule has 0 aromatic carbocycles. The van der Waals surface area contributed by atoms with Gasteiger partial charge in [0.2, 0.25) is 0 Å². The molecular weight excluding hydrogens is 220 g/mol. The summed E-state index contributed by atoms with van der Waals surface area (Å²) in [5.74, 6) is 0.244. The Morgan fingerprint density at radius 3 is 2.69 bits per heavy atom. The van der Waals surface area contributed by atoms with Gasteiger partial charge in [0.1, 0.15) is 5.82 Å². The molecule has 0 saturated heterocycles. The lowest BCUT2D eigenvalue weighted by molar-refractivity contribution is 0.103. The van der Waals surface area contributed by atoms with Gasteiger partial charge in [-0.2, -0.15) is 11.3 Å². The molecule has 4 heteroatoms. The highest BCUT2D eigenvalue weighted by atomic mass is 32.1. The van der Waals surface area contributed by atoms with Crippen LogP contribution in [0.2, 0.25) is 0 Å². The number of aryl methyl sites for hydroxylation is 2. The van der Waals surface area contributed by atoms with Gasteiger partial charge in [-0.05, 0) is 36.4 Å². The van der Waals surface area contributed by atoms with Crippen LogP contribution in [0.5, 0.6) is 0 Å². The molecule has 0 aliphatic rings. The van der Waals surface area contributed by atoms with E-state index in [9.17, 15) is 4.79 Å². The third-order valence-corrected chi connectivity index (χ3v) is 3.26. The first-order chi connectivity index (χ1) is 7.59. The molecule has 0 bridgehead atoms. The van der Waals surface area contributed by atoms with Crippen molar-refractivity contribution in [2.45, 2.75) is 13.8 Å². The van der Waals surface area contributed by atoms with Crippen molar-refractivity contribution in [3.8, 4) is 0 Å². The second-order valence-electron chi connectivity index (χ2n) is 3.74. The first kappa shape index (κ1) is 10.8. The molecule has 0 radical (unpaired) electrons. The van der Waals surface area contributed by atoms with Gasteiger partial charge in [-0.1, -0.05) is 0 Å². The molecule has 2 rings (SSSR count). The minimum absolute atomic E-state index is 0.0487. The molecule has 16 heavy (non-hydrogen) atoms. The van der Waals surface area contributed by atoms with Crippen LogP contribution >= 0.6 is 11.3 Å². The van der Waals surface area contributed by atoms with Crippen molar-refractivity contribution >= 4 is 22.9 Å². The lowest BCUT2D eigenvalue weighted by atomic mass is 10.0. The predicted molar refractivity (Wildman–Crippen MR) is 65.9 cm³/mol. The van der Waals surface area contributed by atoms with Crippen molar-refractivity contribution < 1.29 is 4.79 Å². The van der Waals surface area contributed by atoms with Crippen molar-refractivity contribution in [3.05, 3.63) is 45.3 Å². The topological polar surface area (TPSA) is 56.0 Å². The summed E-state index contributed by atoms with van der Waals surface area (Å²) in [6, 6.07) is 1.78. The monoisotopic (exact) mass is 232 g/mol. The number of nitrogens with zero attached hydrogens (tertiary/aromatic N) is 1. The van der Waals surface area contributed by atoms with E-state index < -0.39 is 0 Å². The molecule has 2 N–H and O–H groups in total. The molecule has 82 valence electrons. The van der Waals surface area contributed by atoms with Gasteiger partial charge in [-0.3, -0.25) is 4.79 Å². The van der Waals surface area contributed by atoms with Crippen LogP contribution in [-0.4, -0.2) is 10.8 Å². The summed E-state index contributed by atoms with van der Waals surface area (Å²) in [7, 11) is 0. The van der Waals surface area contributed by atoms with Crippen LogP contribution < -0.4 is 5.73 Å². The molecule has 0 amide bonds. The molecule has 0 aliphatic carbocycles. The number of pyridine rings is 1. The Labute approximate surface area is 97.9 Å². The second kappa shape index (κ2) is 4.06. The van der Waals surface area contributed by atoms with Crippen LogP contribution in [0.25, 0.3) is 0 Å². The van der Waals surface area contributed by atoms with E-state index in [0.29, 0.717) is 16.9 Å². The van der Waals surface area contributed by atoms with E-state index in [1.54, 1.807) is 12.3 Å². The fraction of sp³-hybridized carbons (Fsp3) is 0.167. The van der Waals surface area contributed by atoms with Crippen LogP contribution in [-0.2, 0) is 0 Å². The first-order valence-electron chi connectivity index (χ1n) is 4.89. The molecule has 0 spiro atoms. The third kappa shape index (κ3) is 1.84. The van der Waals surface area contributed by atoms with Crippen molar-refractivity contribution in [1.29, 1.82) is 0 Å². The van der Waals surface area contributed by atoms with Crippen LogP contribution in [0, 0.1) is 13.8 Å². The molecule has 0 aliphatic heterocycles. The quantitative estimate of drug-likeness (QED) is 0.810. The molecule has 0 saturated carbocycles. The highest BCUT2D eigenvalue weighted by Gasteiger charge is 2.15. The zero-order chi connectivity index (χ0) is 11.7. The summed E-state index contributed by atoms with van der Waals surface area (Å²) in [6.45, 7) is 3.81. The van der Waals surface area contributed by atoms with Gasteiger partial charge in [0.25, 0.3) is 0 Å². The second-order valence-corrected chi connectivity index (χ2v) is 4.49. The van der Waals surface area contributed by atoms with Crippen LogP contribution in [0.1, 0.15) is 27.0 Å². The average molecular weight is 232 g/mol. The number of hydrogen-bond donors (Lipinski definition) is 1. The fourth-order valence-electron chi connectivity index (χ4n) is 1.50. The van der Waals surface area contributed by atoms with E-state index in [4.69, 9.17) is 5.73 Å². The number of aromatic nitrogens is 1. The van der Waals surface area contributed by atoms with Crippen LogP contribution in [0.15, 0.2) is 23.0 Å². The Morgan fingerprint density at radius 2 is 2.06 bits per heavy atom. The molecule has 2 aromatic rings. The maximum atomic E-state index is 12.2. The van der Waals surface area contributed by atoms with Crippen molar-refractivity contribution in [3.63, 3.8) is 0 Å². The van der Waals surface area contributed by atoms with Crippen molar-refractivity contribution in [1.82, 2.24) is 4.98 Å². The van der Waals surface area contributed by atoms with Gasteiger partial charge in [-0.25, -0.2) is 4.98 Å². The average Bonchev–Trinajstić information content (AvgIpc) is 2.67. The smallest absolute Gasteiger partial charge is 0.197 e. The van der Waals surface area contributed by atoms with E-state index in [2.05, 4.69) is 4.98 Å². The first-order valence-corrected chi connectivity index (χ1v) is 5.83. The van der Waals surface area contributed by atoms with Gasteiger partial charge < -0.3 is 5.73 Å². The van der Waals surface area contributed by atoms with E-state index >= 15 is 0 Å². The number of nitrogen functional groups attached to an aromatic ring is 1. The number of anilines is 1. The minimum Gasteiger partial charge on any atom is -0.383 e. The Balaban J connectivity index is 2.49. The van der Waals surface area contributed by atoms with E-state index in [0.717, 1.165) is 11.1 Å². The molecule has 0 atom stereocenters. The summed E-state index contributed by atoms with van der Waals surface area (Å²) in [5, 5.41) is 3.80. The Kier molecular flexibility index (Phi) is 2.75. The Morgan fingerprint density at radius 1 is 1.31 bits per heavy atom. The van der Waals surface area contributed by atoms with Crippen molar-refractivity contribution in [2.75, 3.05) is 5.73 Å². The molecule has 2 heterocycles. The minimum atomic E-state index is -0.0487. The molecule has 0 fully saturated rings. The lowest BCUT2D eigenvalue weighted by Crippen LogP contribution is -2.07. The zero-order valence-electron chi connectivity index (χ0n) is 9.15. The maximum absolute atomic E-state index is 12.2. The predicted octanol–water partition coefficient (Wildman–Crippen LogP) is 2.57. The molecule has 0 unspecified atom stereocenters. The molecule has 3 nitrogen and oxygen atoms in total. The SMILES string of the molecule is Cc1cnc(N)c(C(=O)c2cscc2C)c1. The van der Waals surface area contributed by atoms with Gasteiger partial charge in [0.05, 0.1) is 5.56 Å². The lowest BCUT2D eigenvalue weighted by Gasteiger charge is -2.04. The number of carbonyl (C=O) groups is 1. The van der Waals surface area contributed by atoms with E-state index in [-0.39, 0.29) is 5.78 Å². The fourth-order valence-corrected chi connectivity index (χ4v) is 2.33. The number of carbonyl (C=O) groups excluding carboxylic acids is 1. The Hall–Kier alpha value is -1.68. The van der Waals surface area contributed by atoms with Gasteiger partial charge in [0.15, 0.2) is 5.78 Å². The summed E-state index contributed by atoms with van der Waals surface area (Å²) in [5.41, 5.74) is 8.84. The highest BCUT2D eigenvalue weighted by Crippen LogP contribution is 2.21. The summed E-state index contributed by atoms with van der Waals surface area (Å²) < 4.78 is 0. The number of thiophene rings is 1. The summed E-state index contributed by atoms with van der Waals surface area (Å²) in [6.07, 6.45) is 1.66. The van der Waals surface area contributed by atoms with Crippen LogP contribution in [0.4, 0.5) is 5.82 Å². The van der Waals surface area contributed by atoms with Gasteiger partial charge in [0, 0.05) is 17.1 Å². The number of rotatable bonds is 2. The highest BCUT2D eigenvalue weighted by molar-refractivity contribution is 7.08. The number of nitrogens with two attached hydrogens (primary N) is 1. The standard InChI is InChI=1S/C12H12N2OS/c1-7-3-9(12(13)14-4-7)11(15)10-6-16-5-8(10)2/h3-6H,1-2H3,(H2,13,14). The van der Waals surface area contributed by atoms with Gasteiger partial charge >= 0.3 is 0 Å². The van der Waals surface area contributed by atoms with E-state index in [1.807, 2.05) is 24.6 Å².